The van der Waals surface area contributed by atoms with Crippen molar-refractivity contribution in [3.05, 3.63) is 23.8 Å². The fourth-order valence-electron chi connectivity index (χ4n) is 3.52. The Morgan fingerprint density at radius 2 is 2.06 bits per heavy atom. The summed E-state index contributed by atoms with van der Waals surface area (Å²) in [5, 5.41) is 0. The number of hydrogen-bond acceptors (Lipinski definition) is 2. The lowest BCUT2D eigenvalue weighted by molar-refractivity contribution is 0.264. The summed E-state index contributed by atoms with van der Waals surface area (Å²) in [5.74, 6) is 1.92. The molecule has 0 radical (unpaired) electrons. The third kappa shape index (κ3) is 1.85. The first-order valence-corrected chi connectivity index (χ1v) is 6.50. The van der Waals surface area contributed by atoms with Crippen LogP contribution in [0.4, 0.5) is 0 Å². The lowest BCUT2D eigenvalue weighted by atomic mass is 10.1. The highest BCUT2D eigenvalue weighted by molar-refractivity contribution is 5.24. The summed E-state index contributed by atoms with van der Waals surface area (Å²) in [6.45, 7) is 3.82. The maximum atomic E-state index is 2.64. The van der Waals surface area contributed by atoms with Crippen molar-refractivity contribution in [2.45, 2.75) is 18.9 Å². The van der Waals surface area contributed by atoms with Gasteiger partial charge in [-0.25, -0.2) is 0 Å². The van der Waals surface area contributed by atoms with E-state index in [1.807, 2.05) is 0 Å². The van der Waals surface area contributed by atoms with Crippen LogP contribution in [0.1, 0.15) is 15.7 Å². The van der Waals surface area contributed by atoms with Gasteiger partial charge in [0.05, 0.1) is 0 Å². The molecule has 2 unspecified atom stereocenters. The average molecular weight is 222 g/mol. The topological polar surface area (TPSA) is 6.48 Å². The predicted octanol–water partition coefficient (Wildman–Crippen LogP) is 2.25. The van der Waals surface area contributed by atoms with Gasteiger partial charge in [0.1, 0.15) is 0 Å². The minimum absolute atomic E-state index is 0. The molecule has 0 amide bonds. The van der Waals surface area contributed by atoms with Gasteiger partial charge in [0.25, 0.3) is 0 Å². The Balaban J connectivity index is 0.000000810. The van der Waals surface area contributed by atoms with E-state index in [0.29, 0.717) is 0 Å². The van der Waals surface area contributed by atoms with E-state index in [1.165, 1.54) is 38.0 Å². The number of allylic oxidation sites excluding steroid dienone is 2. The molecule has 2 nitrogen and oxygen atoms in total. The van der Waals surface area contributed by atoms with Crippen molar-refractivity contribution in [3.8, 4) is 0 Å². The molecule has 0 bridgehead atoms. The van der Waals surface area contributed by atoms with E-state index >= 15 is 0 Å². The SMILES string of the molecule is CN(C)C1C2CN(CC3=CCCC=C3)CC21.[HH].[HH]. The minimum atomic E-state index is 0. The molecule has 0 aromatic rings. The van der Waals surface area contributed by atoms with Crippen molar-refractivity contribution in [2.24, 2.45) is 11.8 Å². The van der Waals surface area contributed by atoms with Gasteiger partial charge < -0.3 is 4.90 Å². The van der Waals surface area contributed by atoms with Crippen molar-refractivity contribution >= 4 is 0 Å². The van der Waals surface area contributed by atoms with Crippen molar-refractivity contribution in [1.29, 1.82) is 0 Å². The number of rotatable bonds is 3. The van der Waals surface area contributed by atoms with Gasteiger partial charge in [0, 0.05) is 28.5 Å². The van der Waals surface area contributed by atoms with Crippen LogP contribution in [0.15, 0.2) is 23.8 Å². The lowest BCUT2D eigenvalue weighted by Crippen LogP contribution is -2.31. The summed E-state index contributed by atoms with van der Waals surface area (Å²) in [6, 6.07) is 0.882. The Labute approximate surface area is 102 Å². The molecule has 0 aromatic heterocycles. The molecule has 2 fully saturated rings. The van der Waals surface area contributed by atoms with E-state index in [2.05, 4.69) is 42.1 Å². The molecular weight excluding hydrogens is 196 g/mol. The summed E-state index contributed by atoms with van der Waals surface area (Å²) in [5.41, 5.74) is 1.54. The molecule has 1 saturated carbocycles. The van der Waals surface area contributed by atoms with Crippen LogP contribution in [0, 0.1) is 11.8 Å². The number of likely N-dealkylation sites (tertiary alicyclic amines) is 1. The smallest absolute Gasteiger partial charge is 0.0230 e. The van der Waals surface area contributed by atoms with Crippen LogP contribution in [0.2, 0.25) is 0 Å². The van der Waals surface area contributed by atoms with E-state index in [-0.39, 0.29) is 2.85 Å². The lowest BCUT2D eigenvalue weighted by Gasteiger charge is -2.22. The van der Waals surface area contributed by atoms with Crippen LogP contribution in [0.25, 0.3) is 0 Å². The number of piperidine rings is 1. The number of nitrogens with zero attached hydrogens (tertiary/aromatic N) is 2. The van der Waals surface area contributed by atoms with E-state index < -0.39 is 0 Å². The molecule has 2 aliphatic carbocycles. The molecule has 0 N–H and O–H groups in total. The van der Waals surface area contributed by atoms with Gasteiger partial charge >= 0.3 is 0 Å². The summed E-state index contributed by atoms with van der Waals surface area (Å²) >= 11 is 0. The standard InChI is InChI=1S/C14H22N2.2H2/c1-15(2)14-12-9-16(10-13(12)14)8-11-6-4-3-5-7-11;;/h4,6-7,12-14H,3,5,8-10H2,1-2H3;2*1H. The highest BCUT2D eigenvalue weighted by Gasteiger charge is 2.56. The molecule has 3 rings (SSSR count). The van der Waals surface area contributed by atoms with Gasteiger partial charge in [0.2, 0.25) is 0 Å². The Morgan fingerprint density at radius 1 is 1.31 bits per heavy atom. The maximum absolute atomic E-state index is 2.64. The molecule has 1 heterocycles. The first-order valence-electron chi connectivity index (χ1n) is 6.50. The van der Waals surface area contributed by atoms with Crippen molar-refractivity contribution in [2.75, 3.05) is 33.7 Å². The van der Waals surface area contributed by atoms with Gasteiger partial charge in [-0.05, 0) is 44.3 Å². The third-order valence-electron chi connectivity index (χ3n) is 4.30. The normalized spacial score (nSPS) is 37.7. The first-order chi connectivity index (χ1) is 7.75. The zero-order valence-corrected chi connectivity index (χ0v) is 10.4. The van der Waals surface area contributed by atoms with Crippen LogP contribution in [0.5, 0.6) is 0 Å². The minimum Gasteiger partial charge on any atom is -0.306 e. The second-order valence-corrected chi connectivity index (χ2v) is 5.73. The second-order valence-electron chi connectivity index (χ2n) is 5.73. The Hall–Kier alpha value is -0.600. The predicted molar refractivity (Wildman–Crippen MR) is 71.6 cm³/mol. The van der Waals surface area contributed by atoms with Crippen molar-refractivity contribution in [3.63, 3.8) is 0 Å². The highest BCUT2D eigenvalue weighted by atomic mass is 15.3. The van der Waals surface area contributed by atoms with E-state index in [9.17, 15) is 0 Å². The van der Waals surface area contributed by atoms with Gasteiger partial charge in [0.15, 0.2) is 0 Å². The third-order valence-corrected chi connectivity index (χ3v) is 4.30. The van der Waals surface area contributed by atoms with Gasteiger partial charge in [-0.1, -0.05) is 18.2 Å². The Kier molecular flexibility index (Phi) is 2.64. The number of hydrogen-bond donors (Lipinski definition) is 0. The quantitative estimate of drug-likeness (QED) is 0.722. The number of fused-ring (bicyclic) bond motifs is 1. The summed E-state index contributed by atoms with van der Waals surface area (Å²) in [4.78, 5) is 5.04. The fraction of sp³-hybridized carbons (Fsp3) is 0.714. The molecule has 3 aliphatic rings. The van der Waals surface area contributed by atoms with Crippen LogP contribution in [-0.2, 0) is 0 Å². The van der Waals surface area contributed by atoms with Crippen molar-refractivity contribution in [1.82, 2.24) is 9.80 Å². The van der Waals surface area contributed by atoms with Crippen LogP contribution in [0.3, 0.4) is 0 Å². The van der Waals surface area contributed by atoms with E-state index in [1.54, 1.807) is 0 Å². The largest absolute Gasteiger partial charge is 0.306 e. The zero-order chi connectivity index (χ0) is 11.1. The molecule has 2 atom stereocenters. The molecular formula is C14H26N2. The monoisotopic (exact) mass is 222 g/mol. The highest BCUT2D eigenvalue weighted by Crippen LogP contribution is 2.48. The molecule has 1 saturated heterocycles. The first kappa shape index (κ1) is 10.5. The Bertz CT molecular complexity index is 327. The summed E-state index contributed by atoms with van der Waals surface area (Å²) in [6.07, 6.45) is 9.52. The van der Waals surface area contributed by atoms with Crippen LogP contribution < -0.4 is 0 Å². The molecule has 0 aromatic carbocycles. The molecule has 92 valence electrons. The summed E-state index contributed by atoms with van der Waals surface area (Å²) < 4.78 is 0. The van der Waals surface area contributed by atoms with E-state index in [0.717, 1.165) is 17.9 Å². The molecule has 16 heavy (non-hydrogen) atoms. The molecule has 1 aliphatic heterocycles. The van der Waals surface area contributed by atoms with Gasteiger partial charge in [-0.15, -0.1) is 0 Å². The van der Waals surface area contributed by atoms with Crippen LogP contribution >= 0.6 is 0 Å². The van der Waals surface area contributed by atoms with Crippen LogP contribution in [-0.4, -0.2) is 49.6 Å². The molecule has 0 spiro atoms. The second kappa shape index (κ2) is 4.01. The van der Waals surface area contributed by atoms with E-state index in [4.69, 9.17) is 0 Å². The zero-order valence-electron chi connectivity index (χ0n) is 10.4. The summed E-state index contributed by atoms with van der Waals surface area (Å²) in [7, 11) is 4.44. The van der Waals surface area contributed by atoms with Gasteiger partial charge in [-0.3, -0.25) is 4.90 Å². The maximum Gasteiger partial charge on any atom is 0.0230 e. The Morgan fingerprint density at radius 3 is 2.62 bits per heavy atom. The van der Waals surface area contributed by atoms with Crippen molar-refractivity contribution < 1.29 is 2.85 Å². The fourth-order valence-corrected chi connectivity index (χ4v) is 3.52. The molecule has 2 heteroatoms. The average Bonchev–Trinajstić information content (AvgIpc) is 2.79. The van der Waals surface area contributed by atoms with Gasteiger partial charge in [-0.2, -0.15) is 0 Å².